The Labute approximate surface area is 129 Å². The second-order valence-electron chi connectivity index (χ2n) is 4.75. The molecular formula is C14H12F3N5O. The highest BCUT2D eigenvalue weighted by atomic mass is 19.4. The van der Waals surface area contributed by atoms with Crippen LogP contribution in [0.4, 0.5) is 19.0 Å². The van der Waals surface area contributed by atoms with Crippen molar-refractivity contribution in [3.05, 3.63) is 41.3 Å². The first kappa shape index (κ1) is 16.5. The number of alkyl halides is 3. The molecule has 0 aliphatic rings. The smallest absolute Gasteiger partial charge is 0.309 e. The summed E-state index contributed by atoms with van der Waals surface area (Å²) in [6.07, 6.45) is -3.28. The fourth-order valence-electron chi connectivity index (χ4n) is 1.87. The Kier molecular flexibility index (Phi) is 4.64. The van der Waals surface area contributed by atoms with Crippen LogP contribution >= 0.6 is 0 Å². The zero-order valence-corrected chi connectivity index (χ0v) is 12.1. The normalized spacial score (nSPS) is 11.1. The molecule has 0 radical (unpaired) electrons. The molecule has 0 fully saturated rings. The lowest BCUT2D eigenvalue weighted by Gasteiger charge is -2.07. The van der Waals surface area contributed by atoms with Gasteiger partial charge in [0.2, 0.25) is 5.91 Å². The van der Waals surface area contributed by atoms with Crippen LogP contribution in [-0.4, -0.2) is 20.7 Å². The average molecular weight is 323 g/mol. The second-order valence-corrected chi connectivity index (χ2v) is 4.75. The van der Waals surface area contributed by atoms with Gasteiger partial charge >= 0.3 is 6.18 Å². The number of aryl methyl sites for hydroxylation is 1. The molecule has 23 heavy (non-hydrogen) atoms. The van der Waals surface area contributed by atoms with E-state index in [4.69, 9.17) is 5.26 Å². The number of carbonyl (C=O) groups excluding carboxylic acids is 1. The maximum absolute atomic E-state index is 12.6. The lowest BCUT2D eigenvalue weighted by molar-refractivity contribution is -0.141. The lowest BCUT2D eigenvalue weighted by Crippen LogP contribution is -2.17. The van der Waals surface area contributed by atoms with Gasteiger partial charge in [0.25, 0.3) is 0 Å². The number of carbonyl (C=O) groups is 1. The molecule has 0 aromatic carbocycles. The SMILES string of the molecule is Cc1cn(CC#N)nc1NC(=O)Cc1cccc(C(F)(F)F)n1. The molecule has 2 rings (SSSR count). The highest BCUT2D eigenvalue weighted by molar-refractivity contribution is 5.91. The molecule has 0 unspecified atom stereocenters. The van der Waals surface area contributed by atoms with Crippen LogP contribution in [0.3, 0.4) is 0 Å². The molecule has 2 aromatic heterocycles. The number of pyridine rings is 1. The average Bonchev–Trinajstić information content (AvgIpc) is 2.78. The van der Waals surface area contributed by atoms with Gasteiger partial charge in [0.05, 0.1) is 18.2 Å². The first-order valence-electron chi connectivity index (χ1n) is 6.53. The Morgan fingerprint density at radius 1 is 1.43 bits per heavy atom. The summed E-state index contributed by atoms with van der Waals surface area (Å²) in [4.78, 5) is 15.3. The quantitative estimate of drug-likeness (QED) is 0.936. The van der Waals surface area contributed by atoms with E-state index >= 15 is 0 Å². The maximum atomic E-state index is 12.6. The van der Waals surface area contributed by atoms with Crippen LogP contribution in [0.1, 0.15) is 17.0 Å². The minimum Gasteiger partial charge on any atom is -0.309 e. The van der Waals surface area contributed by atoms with Gasteiger partial charge in [-0.1, -0.05) is 6.07 Å². The van der Waals surface area contributed by atoms with Gasteiger partial charge in [0, 0.05) is 11.8 Å². The number of hydrogen-bond acceptors (Lipinski definition) is 4. The van der Waals surface area contributed by atoms with E-state index in [-0.39, 0.29) is 24.5 Å². The maximum Gasteiger partial charge on any atom is 0.433 e. The van der Waals surface area contributed by atoms with Gasteiger partial charge in [-0.3, -0.25) is 9.48 Å². The zero-order chi connectivity index (χ0) is 17.0. The molecular weight excluding hydrogens is 311 g/mol. The molecule has 0 saturated carbocycles. The minimum absolute atomic E-state index is 0.00596. The third kappa shape index (κ3) is 4.29. The van der Waals surface area contributed by atoms with Crippen molar-refractivity contribution < 1.29 is 18.0 Å². The molecule has 0 bridgehead atoms. The molecule has 9 heteroatoms. The number of rotatable bonds is 4. The van der Waals surface area contributed by atoms with Gasteiger partial charge in [-0.15, -0.1) is 0 Å². The Morgan fingerprint density at radius 2 is 2.17 bits per heavy atom. The number of anilines is 1. The van der Waals surface area contributed by atoms with E-state index in [9.17, 15) is 18.0 Å². The lowest BCUT2D eigenvalue weighted by atomic mass is 10.2. The number of aromatic nitrogens is 3. The van der Waals surface area contributed by atoms with Crippen LogP contribution in [0.2, 0.25) is 0 Å². The van der Waals surface area contributed by atoms with Gasteiger partial charge in [-0.25, -0.2) is 4.98 Å². The van der Waals surface area contributed by atoms with Crippen molar-refractivity contribution in [1.82, 2.24) is 14.8 Å². The van der Waals surface area contributed by atoms with Crippen LogP contribution in [0.25, 0.3) is 0 Å². The first-order chi connectivity index (χ1) is 10.8. The van der Waals surface area contributed by atoms with Crippen LogP contribution in [-0.2, 0) is 23.9 Å². The molecule has 0 atom stereocenters. The fourth-order valence-corrected chi connectivity index (χ4v) is 1.87. The van der Waals surface area contributed by atoms with Crippen molar-refractivity contribution in [2.45, 2.75) is 26.1 Å². The van der Waals surface area contributed by atoms with Gasteiger partial charge in [-0.05, 0) is 19.1 Å². The molecule has 1 N–H and O–H groups in total. The Balaban J connectivity index is 2.07. The highest BCUT2D eigenvalue weighted by Crippen LogP contribution is 2.27. The molecule has 2 heterocycles. The number of hydrogen-bond donors (Lipinski definition) is 1. The molecule has 0 spiro atoms. The van der Waals surface area contributed by atoms with Gasteiger partial charge in [-0.2, -0.15) is 23.5 Å². The molecule has 0 aliphatic carbocycles. The summed E-state index contributed by atoms with van der Waals surface area (Å²) in [6, 6.07) is 5.29. The Bertz CT molecular complexity index is 761. The van der Waals surface area contributed by atoms with Gasteiger partial charge < -0.3 is 5.32 Å². The van der Waals surface area contributed by atoms with Crippen molar-refractivity contribution in [2.75, 3.05) is 5.32 Å². The van der Waals surface area contributed by atoms with E-state index in [1.807, 2.05) is 6.07 Å². The standard InChI is InChI=1S/C14H12F3N5O/c1-9-8-22(6-5-18)21-13(9)20-12(23)7-10-3-2-4-11(19-10)14(15,16)17/h2-4,8H,6-7H2,1H3,(H,20,21,23). The highest BCUT2D eigenvalue weighted by Gasteiger charge is 2.32. The number of nitrogens with one attached hydrogen (secondary N) is 1. The van der Waals surface area contributed by atoms with Crippen LogP contribution in [0, 0.1) is 18.3 Å². The van der Waals surface area contributed by atoms with E-state index in [1.54, 1.807) is 13.1 Å². The van der Waals surface area contributed by atoms with Crippen molar-refractivity contribution in [2.24, 2.45) is 0 Å². The Hall–Kier alpha value is -2.89. The molecule has 0 aliphatic heterocycles. The van der Waals surface area contributed by atoms with E-state index < -0.39 is 17.8 Å². The van der Waals surface area contributed by atoms with Crippen LogP contribution in [0.15, 0.2) is 24.4 Å². The largest absolute Gasteiger partial charge is 0.433 e. The third-order valence-electron chi connectivity index (χ3n) is 2.87. The summed E-state index contributed by atoms with van der Waals surface area (Å²) in [7, 11) is 0. The fraction of sp³-hybridized carbons (Fsp3) is 0.286. The van der Waals surface area contributed by atoms with Crippen molar-refractivity contribution in [1.29, 1.82) is 5.26 Å². The second kappa shape index (κ2) is 6.48. The molecule has 2 aromatic rings. The summed E-state index contributed by atoms with van der Waals surface area (Å²) < 4.78 is 39.1. The summed E-state index contributed by atoms with van der Waals surface area (Å²) in [5.74, 6) is -0.278. The minimum atomic E-state index is -4.56. The van der Waals surface area contributed by atoms with Crippen molar-refractivity contribution >= 4 is 11.7 Å². The van der Waals surface area contributed by atoms with Crippen molar-refractivity contribution in [3.63, 3.8) is 0 Å². The number of nitrogens with zero attached hydrogens (tertiary/aromatic N) is 4. The first-order valence-corrected chi connectivity index (χ1v) is 6.53. The monoisotopic (exact) mass is 323 g/mol. The molecule has 120 valence electrons. The topological polar surface area (TPSA) is 83.6 Å². The number of nitriles is 1. The molecule has 1 amide bonds. The molecule has 6 nitrogen and oxygen atoms in total. The predicted molar refractivity (Wildman–Crippen MR) is 74.1 cm³/mol. The van der Waals surface area contributed by atoms with Crippen LogP contribution in [0.5, 0.6) is 0 Å². The van der Waals surface area contributed by atoms with Crippen molar-refractivity contribution in [3.8, 4) is 6.07 Å². The third-order valence-corrected chi connectivity index (χ3v) is 2.87. The number of halogens is 3. The van der Waals surface area contributed by atoms with Gasteiger partial charge in [0.1, 0.15) is 12.2 Å². The summed E-state index contributed by atoms with van der Waals surface area (Å²) in [5, 5.41) is 15.1. The van der Waals surface area contributed by atoms with E-state index in [1.165, 1.54) is 16.8 Å². The predicted octanol–water partition coefficient (Wildman–Crippen LogP) is 2.31. The van der Waals surface area contributed by atoms with Gasteiger partial charge in [0.15, 0.2) is 5.82 Å². The number of amides is 1. The summed E-state index contributed by atoms with van der Waals surface area (Å²) in [5.41, 5.74) is -0.394. The van der Waals surface area contributed by atoms with E-state index in [0.29, 0.717) is 5.56 Å². The zero-order valence-electron chi connectivity index (χ0n) is 12.1. The summed E-state index contributed by atoms with van der Waals surface area (Å²) in [6.45, 7) is 1.73. The summed E-state index contributed by atoms with van der Waals surface area (Å²) >= 11 is 0. The molecule has 0 saturated heterocycles. The Morgan fingerprint density at radius 3 is 2.83 bits per heavy atom. The van der Waals surface area contributed by atoms with E-state index in [2.05, 4.69) is 15.4 Å². The van der Waals surface area contributed by atoms with Crippen LogP contribution < -0.4 is 5.32 Å². The van der Waals surface area contributed by atoms with E-state index in [0.717, 1.165) is 6.07 Å².